The van der Waals surface area contributed by atoms with Crippen LogP contribution < -0.4 is 10.2 Å². The third-order valence-corrected chi connectivity index (χ3v) is 9.89. The first-order valence-corrected chi connectivity index (χ1v) is 17.6. The van der Waals surface area contributed by atoms with Crippen molar-refractivity contribution in [1.82, 2.24) is 0 Å². The summed E-state index contributed by atoms with van der Waals surface area (Å²) in [6.07, 6.45) is 12.5. The number of fused-ring (bicyclic) bond motifs is 2. The minimum absolute atomic E-state index is 0.0218. The second kappa shape index (κ2) is 16.5. The molecule has 4 N–H and O–H groups in total. The Bertz CT molecular complexity index is 2050. The Labute approximate surface area is 304 Å². The van der Waals surface area contributed by atoms with Gasteiger partial charge in [-0.05, 0) is 89.4 Å². The zero-order valence-corrected chi connectivity index (χ0v) is 29.9. The fourth-order valence-electron chi connectivity index (χ4n) is 7.22. The number of nitrogens with zero attached hydrogens (tertiary/aromatic N) is 2. The highest BCUT2D eigenvalue weighted by molar-refractivity contribution is 6.01. The summed E-state index contributed by atoms with van der Waals surface area (Å²) >= 11 is 0. The first kappa shape index (κ1) is 37.4. The van der Waals surface area contributed by atoms with Crippen LogP contribution in [0.2, 0.25) is 0 Å². The molecule has 4 aromatic rings. The van der Waals surface area contributed by atoms with Gasteiger partial charge in [0.2, 0.25) is 0 Å². The van der Waals surface area contributed by atoms with Gasteiger partial charge in [-0.2, -0.15) is 0 Å². The van der Waals surface area contributed by atoms with Crippen LogP contribution in [0.1, 0.15) is 73.5 Å². The van der Waals surface area contributed by atoms with Crippen LogP contribution in [0.5, 0.6) is 0 Å². The minimum Gasteiger partial charge on any atom is -0.481 e. The van der Waals surface area contributed by atoms with Crippen molar-refractivity contribution in [3.05, 3.63) is 143 Å². The quantitative estimate of drug-likeness (QED) is 0.0674. The first-order chi connectivity index (χ1) is 24.9. The zero-order valence-electron chi connectivity index (χ0n) is 29.9. The number of rotatable bonds is 16. The molecule has 1 heterocycles. The molecule has 1 atom stereocenters. The van der Waals surface area contributed by atoms with Crippen molar-refractivity contribution >= 4 is 40.0 Å². The number of nitrogens with one attached hydrogen (secondary N) is 2. The van der Waals surface area contributed by atoms with E-state index in [1.54, 1.807) is 12.1 Å². The van der Waals surface area contributed by atoms with E-state index in [0.717, 1.165) is 46.2 Å². The largest absolute Gasteiger partial charge is 0.481 e. The molecule has 0 aliphatic carbocycles. The van der Waals surface area contributed by atoms with Crippen LogP contribution in [0.25, 0.3) is 10.8 Å². The highest BCUT2D eigenvalue weighted by atomic mass is 16.4. The van der Waals surface area contributed by atoms with Gasteiger partial charge in [-0.3, -0.25) is 14.4 Å². The number of aliphatic carboxylic acids is 2. The number of allylic oxidation sites excluding steroid dienone is 6. The third kappa shape index (κ3) is 8.54. The van der Waals surface area contributed by atoms with Crippen molar-refractivity contribution in [3.63, 3.8) is 0 Å². The molecule has 4 aromatic carbocycles. The molecule has 52 heavy (non-hydrogen) atoms. The van der Waals surface area contributed by atoms with Gasteiger partial charge in [-0.15, -0.1) is 5.11 Å². The molecular formula is C43H46N4O5. The predicted octanol–water partition coefficient (Wildman–Crippen LogP) is 9.45. The minimum atomic E-state index is -0.897. The van der Waals surface area contributed by atoms with E-state index in [4.69, 9.17) is 5.53 Å². The monoisotopic (exact) mass is 698 g/mol. The molecule has 0 spiro atoms. The van der Waals surface area contributed by atoms with E-state index >= 15 is 0 Å². The number of amides is 1. The molecule has 9 heteroatoms. The summed E-state index contributed by atoms with van der Waals surface area (Å²) in [5.41, 5.74) is 13.1. The molecule has 0 saturated heterocycles. The molecule has 1 unspecified atom stereocenters. The van der Waals surface area contributed by atoms with Crippen LogP contribution >= 0.6 is 0 Å². The number of hydrogen-bond acceptors (Lipinski definition) is 6. The highest BCUT2D eigenvalue weighted by Gasteiger charge is 2.42. The number of anilines is 2. The maximum absolute atomic E-state index is 12.3. The summed E-state index contributed by atoms with van der Waals surface area (Å²) in [5, 5.41) is 27.0. The van der Waals surface area contributed by atoms with Gasteiger partial charge in [0, 0.05) is 41.1 Å². The lowest BCUT2D eigenvalue weighted by Gasteiger charge is -2.30. The molecule has 9 nitrogen and oxygen atoms in total. The topological polar surface area (TPSA) is 143 Å². The zero-order chi connectivity index (χ0) is 37.3. The van der Waals surface area contributed by atoms with Gasteiger partial charge < -0.3 is 20.4 Å². The molecule has 0 aromatic heterocycles. The lowest BCUT2D eigenvalue weighted by atomic mass is 9.76. The van der Waals surface area contributed by atoms with E-state index in [1.807, 2.05) is 54.6 Å². The summed E-state index contributed by atoms with van der Waals surface area (Å²) in [4.78, 5) is 37.4. The lowest BCUT2D eigenvalue weighted by molar-refractivity contribution is -0.137. The van der Waals surface area contributed by atoms with E-state index < -0.39 is 23.3 Å². The third-order valence-electron chi connectivity index (χ3n) is 9.89. The van der Waals surface area contributed by atoms with Crippen molar-refractivity contribution in [2.24, 2.45) is 5.11 Å². The average Bonchev–Trinajstić information content (AvgIpc) is 3.37. The number of carboxylic acid groups (broad SMARTS) is 2. The Morgan fingerprint density at radius 2 is 1.62 bits per heavy atom. The van der Waals surface area contributed by atoms with Crippen LogP contribution in [0, 0.1) is 5.53 Å². The predicted molar refractivity (Wildman–Crippen MR) is 206 cm³/mol. The summed E-state index contributed by atoms with van der Waals surface area (Å²) in [6, 6.07) is 27.8. The van der Waals surface area contributed by atoms with Crippen molar-refractivity contribution in [3.8, 4) is 0 Å². The van der Waals surface area contributed by atoms with Crippen LogP contribution in [0.15, 0.2) is 126 Å². The summed E-state index contributed by atoms with van der Waals surface area (Å²) in [5.74, 6) is -2.36. The van der Waals surface area contributed by atoms with Crippen LogP contribution in [0.4, 0.5) is 11.4 Å². The standard InChI is InChI=1S/C43H46N4O5/c1-42(2,40-33-29-32(41(52)46-44)19-18-31(33)20-21-35(40)45-27-23-38(48)49)25-12-5-4-9-17-37-43(3,26-22-30-13-7-6-8-14-30)34-15-10-11-16-36(34)47(37)28-24-39(50)51/h4-21,29,44-45H,22-28H2,1-3H3,(H,48,49)(H,50,51)/b9-4+,12-5+,37-17+,46-44?. The van der Waals surface area contributed by atoms with Gasteiger partial charge in [0.05, 0.1) is 12.8 Å². The van der Waals surface area contributed by atoms with Gasteiger partial charge in [0.15, 0.2) is 0 Å². The number of aryl methyl sites for hydroxylation is 1. The summed E-state index contributed by atoms with van der Waals surface area (Å²) < 4.78 is 0. The lowest BCUT2D eigenvalue weighted by Crippen LogP contribution is -2.30. The van der Waals surface area contributed by atoms with Gasteiger partial charge in [-0.1, -0.05) is 98.8 Å². The number of hydrogen-bond donors (Lipinski definition) is 4. The van der Waals surface area contributed by atoms with Crippen LogP contribution in [-0.4, -0.2) is 41.1 Å². The maximum atomic E-state index is 12.3. The van der Waals surface area contributed by atoms with Gasteiger partial charge >= 0.3 is 11.9 Å². The summed E-state index contributed by atoms with van der Waals surface area (Å²) in [7, 11) is 0. The Kier molecular flexibility index (Phi) is 11.8. The number of para-hydroxylation sites is 1. The molecule has 1 amide bonds. The molecule has 5 rings (SSSR count). The molecule has 0 saturated carbocycles. The Balaban J connectivity index is 1.43. The smallest absolute Gasteiger partial charge is 0.305 e. The van der Waals surface area contributed by atoms with Gasteiger partial charge in [-0.25, -0.2) is 5.53 Å². The van der Waals surface area contributed by atoms with Gasteiger partial charge in [0.25, 0.3) is 5.91 Å². The van der Waals surface area contributed by atoms with Gasteiger partial charge in [0.1, 0.15) is 0 Å². The molecule has 1 aliphatic heterocycles. The summed E-state index contributed by atoms with van der Waals surface area (Å²) in [6.45, 7) is 7.08. The van der Waals surface area contributed by atoms with E-state index in [9.17, 15) is 24.6 Å². The fraction of sp³-hybridized carbons (Fsp3) is 0.279. The van der Waals surface area contributed by atoms with Crippen molar-refractivity contribution in [2.45, 2.75) is 63.7 Å². The second-order valence-corrected chi connectivity index (χ2v) is 14.0. The Hall–Kier alpha value is -5.83. The Morgan fingerprint density at radius 1 is 0.904 bits per heavy atom. The fourth-order valence-corrected chi connectivity index (χ4v) is 7.22. The van der Waals surface area contributed by atoms with E-state index in [1.165, 1.54) is 11.1 Å². The SMILES string of the molecule is CC(C)(C/C=C/C=C/C=C1/N(CCC(=O)O)c2ccccc2C1(C)CCc1ccccc1)c1c(NCCC(=O)O)ccc2ccc(C(=O)N=N)cc12. The van der Waals surface area contributed by atoms with E-state index in [0.29, 0.717) is 18.5 Å². The van der Waals surface area contributed by atoms with E-state index in [-0.39, 0.29) is 24.8 Å². The normalized spacial score (nSPS) is 16.5. The molecule has 0 radical (unpaired) electrons. The number of carbonyl (C=O) groups excluding carboxylic acids is 1. The maximum Gasteiger partial charge on any atom is 0.305 e. The molecule has 0 bridgehead atoms. The average molecular weight is 699 g/mol. The molecule has 0 fully saturated rings. The van der Waals surface area contributed by atoms with Crippen molar-refractivity contribution in [1.29, 1.82) is 5.53 Å². The van der Waals surface area contributed by atoms with Crippen molar-refractivity contribution in [2.75, 3.05) is 23.3 Å². The van der Waals surface area contributed by atoms with Crippen molar-refractivity contribution < 1.29 is 24.6 Å². The second-order valence-electron chi connectivity index (χ2n) is 14.0. The molecule has 1 aliphatic rings. The van der Waals surface area contributed by atoms with E-state index in [2.05, 4.69) is 84.7 Å². The molecule has 268 valence electrons. The number of carboxylic acids is 2. The highest BCUT2D eigenvalue weighted by Crippen LogP contribution is 2.50. The van der Waals surface area contributed by atoms with Crippen LogP contribution in [-0.2, 0) is 26.8 Å². The number of benzene rings is 4. The first-order valence-electron chi connectivity index (χ1n) is 17.6. The number of carbonyl (C=O) groups is 3. The van der Waals surface area contributed by atoms with Crippen LogP contribution in [0.3, 0.4) is 0 Å². The Morgan fingerprint density at radius 3 is 2.35 bits per heavy atom. The molecular weight excluding hydrogens is 652 g/mol.